The molecule has 1 aromatic rings. The Morgan fingerprint density at radius 3 is 3.05 bits per heavy atom. The summed E-state index contributed by atoms with van der Waals surface area (Å²) in [6, 6.07) is 5.45. The van der Waals surface area contributed by atoms with E-state index in [2.05, 4.69) is 0 Å². The second kappa shape index (κ2) is 6.23. The van der Waals surface area contributed by atoms with Crippen LogP contribution in [0.15, 0.2) is 24.3 Å². The summed E-state index contributed by atoms with van der Waals surface area (Å²) in [5.41, 5.74) is 1.51. The van der Waals surface area contributed by atoms with Crippen molar-refractivity contribution in [3.8, 4) is 5.75 Å². The van der Waals surface area contributed by atoms with Crippen LogP contribution in [0, 0.1) is 0 Å². The van der Waals surface area contributed by atoms with Crippen LogP contribution in [0.4, 0.5) is 5.69 Å². The highest BCUT2D eigenvalue weighted by molar-refractivity contribution is 5.95. The number of amides is 1. The molecule has 5 nitrogen and oxygen atoms in total. The fraction of sp³-hybridized carbons (Fsp3) is 0.333. The molecule has 5 heteroatoms. The Morgan fingerprint density at radius 1 is 1.50 bits per heavy atom. The Hall–Kier alpha value is -2.30. The first-order valence-corrected chi connectivity index (χ1v) is 6.50. The van der Waals surface area contributed by atoms with Gasteiger partial charge in [0.1, 0.15) is 5.75 Å². The number of ether oxygens (including phenoxy) is 2. The van der Waals surface area contributed by atoms with E-state index in [1.54, 1.807) is 31.0 Å². The predicted molar refractivity (Wildman–Crippen MR) is 75.6 cm³/mol. The normalized spacial score (nSPS) is 14.7. The molecule has 20 heavy (non-hydrogen) atoms. The summed E-state index contributed by atoms with van der Waals surface area (Å²) >= 11 is 0. The molecule has 0 spiro atoms. The van der Waals surface area contributed by atoms with Gasteiger partial charge in [0.25, 0.3) is 0 Å². The molecule has 1 heterocycles. The van der Waals surface area contributed by atoms with Crippen molar-refractivity contribution >= 4 is 23.6 Å². The Bertz CT molecular complexity index is 551. The molecule has 0 atom stereocenters. The summed E-state index contributed by atoms with van der Waals surface area (Å²) in [5.74, 6) is 0.296. The number of anilines is 1. The van der Waals surface area contributed by atoms with Gasteiger partial charge < -0.3 is 14.4 Å². The van der Waals surface area contributed by atoms with Crippen LogP contribution in [0.25, 0.3) is 6.08 Å². The minimum atomic E-state index is -0.386. The highest BCUT2D eigenvalue weighted by Crippen LogP contribution is 2.31. The van der Waals surface area contributed by atoms with E-state index in [0.29, 0.717) is 31.1 Å². The smallest absolute Gasteiger partial charge is 0.330 e. The van der Waals surface area contributed by atoms with Crippen LogP contribution >= 0.6 is 0 Å². The average molecular weight is 275 g/mol. The molecule has 106 valence electrons. The number of hydrogen-bond acceptors (Lipinski definition) is 4. The van der Waals surface area contributed by atoms with Crippen molar-refractivity contribution < 1.29 is 19.1 Å². The number of fused-ring (bicyclic) bond motifs is 1. The second-order valence-corrected chi connectivity index (χ2v) is 4.36. The third-order valence-corrected chi connectivity index (χ3v) is 2.99. The summed E-state index contributed by atoms with van der Waals surface area (Å²) in [6.45, 7) is 2.48. The summed E-state index contributed by atoms with van der Waals surface area (Å²) in [4.78, 5) is 24.6. The molecular formula is C15H17NO4. The maximum atomic E-state index is 11.8. The molecule has 1 amide bonds. The minimum Gasteiger partial charge on any atom is -0.491 e. The molecule has 0 unspecified atom stereocenters. The van der Waals surface area contributed by atoms with E-state index in [0.717, 1.165) is 5.56 Å². The minimum absolute atomic E-state index is 0.00951. The van der Waals surface area contributed by atoms with E-state index < -0.39 is 0 Å². The number of carbonyl (C=O) groups excluding carboxylic acids is 2. The predicted octanol–water partition coefficient (Wildman–Crippen LogP) is 2.01. The molecule has 0 radical (unpaired) electrons. The zero-order valence-corrected chi connectivity index (χ0v) is 11.6. The lowest BCUT2D eigenvalue weighted by molar-refractivity contribution is -0.137. The average Bonchev–Trinajstić information content (AvgIpc) is 2.58. The van der Waals surface area contributed by atoms with E-state index >= 15 is 0 Å². The summed E-state index contributed by atoms with van der Waals surface area (Å²) in [6.07, 6.45) is 3.38. The quantitative estimate of drug-likeness (QED) is 0.625. The third kappa shape index (κ3) is 3.17. The first kappa shape index (κ1) is 14.1. The standard InChI is InChI=1S/C15H17NO4/c1-3-19-15(18)7-5-11-4-6-13-12(10-11)16(2)14(17)8-9-20-13/h4-7,10H,3,8-9H2,1-2H3/b7-5+. The molecule has 1 aliphatic heterocycles. The maximum absolute atomic E-state index is 11.8. The van der Waals surface area contributed by atoms with Crippen molar-refractivity contribution in [2.75, 3.05) is 25.2 Å². The van der Waals surface area contributed by atoms with Gasteiger partial charge in [0, 0.05) is 13.1 Å². The lowest BCUT2D eigenvalue weighted by Gasteiger charge is -2.16. The topological polar surface area (TPSA) is 55.8 Å². The van der Waals surface area contributed by atoms with E-state index in [-0.39, 0.29) is 11.9 Å². The van der Waals surface area contributed by atoms with Crippen molar-refractivity contribution in [3.63, 3.8) is 0 Å². The highest BCUT2D eigenvalue weighted by atomic mass is 16.5. The van der Waals surface area contributed by atoms with Gasteiger partial charge in [-0.25, -0.2) is 4.79 Å². The van der Waals surface area contributed by atoms with Gasteiger partial charge in [0.05, 0.1) is 25.3 Å². The van der Waals surface area contributed by atoms with Gasteiger partial charge in [-0.15, -0.1) is 0 Å². The van der Waals surface area contributed by atoms with Crippen LogP contribution in [-0.4, -0.2) is 32.1 Å². The first-order chi connectivity index (χ1) is 9.61. The fourth-order valence-electron chi connectivity index (χ4n) is 1.93. The molecule has 0 bridgehead atoms. The van der Waals surface area contributed by atoms with Crippen LogP contribution in [0.2, 0.25) is 0 Å². The van der Waals surface area contributed by atoms with E-state index in [1.165, 1.54) is 6.08 Å². The Labute approximate surface area is 117 Å². The number of carbonyl (C=O) groups is 2. The van der Waals surface area contributed by atoms with Crippen LogP contribution in [0.1, 0.15) is 18.9 Å². The molecule has 0 saturated heterocycles. The lowest BCUT2D eigenvalue weighted by Crippen LogP contribution is -2.25. The number of esters is 1. The molecular weight excluding hydrogens is 258 g/mol. The van der Waals surface area contributed by atoms with Crippen molar-refractivity contribution in [2.45, 2.75) is 13.3 Å². The van der Waals surface area contributed by atoms with E-state index in [9.17, 15) is 9.59 Å². The highest BCUT2D eigenvalue weighted by Gasteiger charge is 2.19. The van der Waals surface area contributed by atoms with Gasteiger partial charge in [-0.3, -0.25) is 4.79 Å². The van der Waals surface area contributed by atoms with E-state index in [4.69, 9.17) is 9.47 Å². The Morgan fingerprint density at radius 2 is 2.30 bits per heavy atom. The maximum Gasteiger partial charge on any atom is 0.330 e. The van der Waals surface area contributed by atoms with Crippen LogP contribution in [0.5, 0.6) is 5.75 Å². The molecule has 0 aromatic heterocycles. The van der Waals surface area contributed by atoms with Gasteiger partial charge in [-0.2, -0.15) is 0 Å². The number of rotatable bonds is 3. The second-order valence-electron chi connectivity index (χ2n) is 4.36. The Balaban J connectivity index is 2.24. The van der Waals surface area contributed by atoms with Gasteiger partial charge >= 0.3 is 5.97 Å². The zero-order chi connectivity index (χ0) is 14.5. The first-order valence-electron chi connectivity index (χ1n) is 6.50. The zero-order valence-electron chi connectivity index (χ0n) is 11.6. The van der Waals surface area contributed by atoms with Gasteiger partial charge in [0.15, 0.2) is 0 Å². The van der Waals surface area contributed by atoms with Gasteiger partial charge in [-0.05, 0) is 30.7 Å². The Kier molecular flexibility index (Phi) is 4.40. The largest absolute Gasteiger partial charge is 0.491 e. The van der Waals surface area contributed by atoms with Crippen LogP contribution < -0.4 is 9.64 Å². The molecule has 0 aliphatic carbocycles. The van der Waals surface area contributed by atoms with Crippen LogP contribution in [0.3, 0.4) is 0 Å². The van der Waals surface area contributed by atoms with Crippen molar-refractivity contribution in [1.82, 2.24) is 0 Å². The molecule has 0 fully saturated rings. The van der Waals surface area contributed by atoms with Crippen molar-refractivity contribution in [3.05, 3.63) is 29.8 Å². The van der Waals surface area contributed by atoms with Crippen LogP contribution in [-0.2, 0) is 14.3 Å². The fourth-order valence-corrected chi connectivity index (χ4v) is 1.93. The summed E-state index contributed by atoms with van der Waals surface area (Å²) in [7, 11) is 1.72. The molecule has 0 saturated carbocycles. The number of hydrogen-bond donors (Lipinski definition) is 0. The molecule has 0 N–H and O–H groups in total. The van der Waals surface area contributed by atoms with Crippen molar-refractivity contribution in [2.24, 2.45) is 0 Å². The molecule has 1 aromatic carbocycles. The van der Waals surface area contributed by atoms with Gasteiger partial charge in [-0.1, -0.05) is 6.07 Å². The third-order valence-electron chi connectivity index (χ3n) is 2.99. The number of nitrogens with zero attached hydrogens (tertiary/aromatic N) is 1. The van der Waals surface area contributed by atoms with Crippen molar-refractivity contribution in [1.29, 1.82) is 0 Å². The molecule has 1 aliphatic rings. The van der Waals surface area contributed by atoms with E-state index in [1.807, 2.05) is 12.1 Å². The SMILES string of the molecule is CCOC(=O)/C=C/c1ccc2c(c1)N(C)C(=O)CCO2. The monoisotopic (exact) mass is 275 g/mol. The summed E-state index contributed by atoms with van der Waals surface area (Å²) < 4.78 is 10.3. The lowest BCUT2D eigenvalue weighted by atomic mass is 10.1. The summed E-state index contributed by atoms with van der Waals surface area (Å²) in [5, 5.41) is 0. The number of benzene rings is 1. The molecule has 2 rings (SSSR count). The van der Waals surface area contributed by atoms with Gasteiger partial charge in [0.2, 0.25) is 5.91 Å².